The van der Waals surface area contributed by atoms with Gasteiger partial charge in [0.15, 0.2) is 5.69 Å². The first-order valence-electron chi connectivity index (χ1n) is 8.62. The third-order valence-electron chi connectivity index (χ3n) is 4.13. The minimum absolute atomic E-state index is 0.167. The number of amides is 1. The predicted octanol–water partition coefficient (Wildman–Crippen LogP) is 3.43. The van der Waals surface area contributed by atoms with Gasteiger partial charge in [0.25, 0.3) is 11.5 Å². The number of nitrogens with one attached hydrogen (secondary N) is 1. The largest absolute Gasteiger partial charge is 0.350 e. The number of fused-ring (bicyclic) bond motifs is 1. The molecule has 0 aliphatic rings. The summed E-state index contributed by atoms with van der Waals surface area (Å²) in [6, 6.07) is 14.6. The van der Waals surface area contributed by atoms with E-state index in [-0.39, 0.29) is 17.2 Å². The van der Waals surface area contributed by atoms with Crippen LogP contribution in [0.4, 0.5) is 0 Å². The first kappa shape index (κ1) is 18.1. The standard InChI is InChI=1S/C20H20ClN3O2/c1-2-13-24-20(26)17-6-4-3-5-16(17)18(23-24)19(25)22-12-11-14-7-9-15(21)10-8-14/h3-10H,2,11-13H2,1H3,(H,22,25). The summed E-state index contributed by atoms with van der Waals surface area (Å²) < 4.78 is 1.37. The van der Waals surface area contributed by atoms with E-state index in [0.717, 1.165) is 12.0 Å². The van der Waals surface area contributed by atoms with Crippen LogP contribution in [0.1, 0.15) is 29.4 Å². The molecule has 0 spiro atoms. The molecular weight excluding hydrogens is 350 g/mol. The minimum atomic E-state index is -0.278. The Hall–Kier alpha value is -2.66. The zero-order chi connectivity index (χ0) is 18.5. The average molecular weight is 370 g/mol. The number of rotatable bonds is 6. The molecule has 0 radical (unpaired) electrons. The fourth-order valence-corrected chi connectivity index (χ4v) is 2.95. The molecule has 3 rings (SSSR count). The van der Waals surface area contributed by atoms with Gasteiger partial charge in [-0.25, -0.2) is 4.68 Å². The Morgan fingerprint density at radius 2 is 1.81 bits per heavy atom. The van der Waals surface area contributed by atoms with Crippen molar-refractivity contribution >= 4 is 28.3 Å². The van der Waals surface area contributed by atoms with E-state index in [9.17, 15) is 9.59 Å². The summed E-state index contributed by atoms with van der Waals surface area (Å²) in [5, 5.41) is 8.97. The SMILES string of the molecule is CCCn1nc(C(=O)NCCc2ccc(Cl)cc2)c2ccccc2c1=O. The van der Waals surface area contributed by atoms with E-state index >= 15 is 0 Å². The van der Waals surface area contributed by atoms with Gasteiger partial charge in [-0.15, -0.1) is 0 Å². The van der Waals surface area contributed by atoms with E-state index in [2.05, 4.69) is 10.4 Å². The molecule has 6 heteroatoms. The van der Waals surface area contributed by atoms with Crippen molar-refractivity contribution in [3.8, 4) is 0 Å². The molecule has 3 aromatic rings. The second-order valence-electron chi connectivity index (χ2n) is 6.05. The summed E-state index contributed by atoms with van der Waals surface area (Å²) in [5.74, 6) is -0.278. The molecule has 0 fully saturated rings. The number of hydrogen-bond donors (Lipinski definition) is 1. The van der Waals surface area contributed by atoms with Crippen LogP contribution in [0, 0.1) is 0 Å². The summed E-state index contributed by atoms with van der Waals surface area (Å²) in [6.07, 6.45) is 1.46. The lowest BCUT2D eigenvalue weighted by atomic mass is 10.1. The number of nitrogens with zero attached hydrogens (tertiary/aromatic N) is 2. The maximum Gasteiger partial charge on any atom is 0.274 e. The van der Waals surface area contributed by atoms with Crippen LogP contribution in [0.3, 0.4) is 0 Å². The highest BCUT2D eigenvalue weighted by atomic mass is 35.5. The highest BCUT2D eigenvalue weighted by molar-refractivity contribution is 6.30. The molecule has 1 heterocycles. The lowest BCUT2D eigenvalue weighted by Gasteiger charge is -2.11. The van der Waals surface area contributed by atoms with Crippen molar-refractivity contribution in [1.82, 2.24) is 15.1 Å². The molecule has 0 unspecified atom stereocenters. The Labute approximate surface area is 156 Å². The monoisotopic (exact) mass is 369 g/mol. The van der Waals surface area contributed by atoms with E-state index in [1.807, 2.05) is 31.2 Å². The van der Waals surface area contributed by atoms with Crippen molar-refractivity contribution in [3.05, 3.63) is 75.2 Å². The molecule has 0 saturated heterocycles. The third-order valence-corrected chi connectivity index (χ3v) is 4.38. The Morgan fingerprint density at radius 1 is 1.12 bits per heavy atom. The molecule has 1 aromatic heterocycles. The molecule has 26 heavy (non-hydrogen) atoms. The summed E-state index contributed by atoms with van der Waals surface area (Å²) >= 11 is 5.88. The van der Waals surface area contributed by atoms with Crippen LogP contribution >= 0.6 is 11.6 Å². The summed E-state index contributed by atoms with van der Waals surface area (Å²) in [6.45, 7) is 2.92. The van der Waals surface area contributed by atoms with Crippen molar-refractivity contribution in [2.24, 2.45) is 0 Å². The maximum atomic E-state index is 12.7. The van der Waals surface area contributed by atoms with Gasteiger partial charge >= 0.3 is 0 Å². The van der Waals surface area contributed by atoms with E-state index in [4.69, 9.17) is 11.6 Å². The summed E-state index contributed by atoms with van der Waals surface area (Å²) in [5.41, 5.74) is 1.20. The number of hydrogen-bond acceptors (Lipinski definition) is 3. The Morgan fingerprint density at radius 3 is 2.50 bits per heavy atom. The van der Waals surface area contributed by atoms with Crippen LogP contribution < -0.4 is 10.9 Å². The van der Waals surface area contributed by atoms with Gasteiger partial charge in [0.2, 0.25) is 0 Å². The average Bonchev–Trinajstić information content (AvgIpc) is 2.65. The predicted molar refractivity (Wildman–Crippen MR) is 104 cm³/mol. The first-order chi connectivity index (χ1) is 12.6. The van der Waals surface area contributed by atoms with Gasteiger partial charge in [-0.05, 0) is 36.6 Å². The minimum Gasteiger partial charge on any atom is -0.350 e. The topological polar surface area (TPSA) is 64.0 Å². The Kier molecular flexibility index (Phi) is 5.68. The van der Waals surface area contributed by atoms with Crippen molar-refractivity contribution in [2.75, 3.05) is 6.54 Å². The molecule has 134 valence electrons. The smallest absolute Gasteiger partial charge is 0.274 e. The molecule has 2 aromatic carbocycles. The van der Waals surface area contributed by atoms with Crippen LogP contribution in [0.25, 0.3) is 10.8 Å². The molecule has 0 saturated carbocycles. The second-order valence-corrected chi connectivity index (χ2v) is 6.49. The van der Waals surface area contributed by atoms with Gasteiger partial charge in [-0.2, -0.15) is 5.10 Å². The maximum absolute atomic E-state index is 12.7. The fourth-order valence-electron chi connectivity index (χ4n) is 2.82. The molecule has 1 amide bonds. The van der Waals surface area contributed by atoms with Crippen LogP contribution in [-0.4, -0.2) is 22.2 Å². The normalized spacial score (nSPS) is 10.8. The molecule has 5 nitrogen and oxygen atoms in total. The number of carbonyl (C=O) groups excluding carboxylic acids is 1. The van der Waals surface area contributed by atoms with Gasteiger partial charge in [0.05, 0.1) is 5.39 Å². The van der Waals surface area contributed by atoms with Gasteiger partial charge in [-0.1, -0.05) is 48.9 Å². The number of halogens is 1. The summed E-state index contributed by atoms with van der Waals surface area (Å²) in [4.78, 5) is 25.1. The second kappa shape index (κ2) is 8.15. The number of benzene rings is 2. The Balaban J connectivity index is 1.82. The van der Waals surface area contributed by atoms with E-state index < -0.39 is 0 Å². The van der Waals surface area contributed by atoms with Crippen molar-refractivity contribution < 1.29 is 4.79 Å². The van der Waals surface area contributed by atoms with Crippen molar-refractivity contribution in [3.63, 3.8) is 0 Å². The van der Waals surface area contributed by atoms with Crippen LogP contribution in [-0.2, 0) is 13.0 Å². The fraction of sp³-hybridized carbons (Fsp3) is 0.250. The van der Waals surface area contributed by atoms with Crippen molar-refractivity contribution in [2.45, 2.75) is 26.3 Å². The van der Waals surface area contributed by atoms with Gasteiger partial charge < -0.3 is 5.32 Å². The summed E-state index contributed by atoms with van der Waals surface area (Å²) in [7, 11) is 0. The van der Waals surface area contributed by atoms with E-state index in [0.29, 0.717) is 35.3 Å². The highest BCUT2D eigenvalue weighted by Crippen LogP contribution is 2.14. The number of carbonyl (C=O) groups is 1. The molecule has 0 bridgehead atoms. The molecule has 0 aliphatic carbocycles. The van der Waals surface area contributed by atoms with Crippen LogP contribution in [0.2, 0.25) is 5.02 Å². The van der Waals surface area contributed by atoms with Crippen LogP contribution in [0.15, 0.2) is 53.3 Å². The zero-order valence-corrected chi connectivity index (χ0v) is 15.3. The lowest BCUT2D eigenvalue weighted by Crippen LogP contribution is -2.31. The first-order valence-corrected chi connectivity index (χ1v) is 9.00. The molecule has 1 N–H and O–H groups in total. The number of aryl methyl sites for hydroxylation is 1. The highest BCUT2D eigenvalue weighted by Gasteiger charge is 2.16. The van der Waals surface area contributed by atoms with Gasteiger partial charge in [0.1, 0.15) is 0 Å². The van der Waals surface area contributed by atoms with E-state index in [1.54, 1.807) is 24.3 Å². The van der Waals surface area contributed by atoms with Crippen LogP contribution in [0.5, 0.6) is 0 Å². The lowest BCUT2D eigenvalue weighted by molar-refractivity contribution is 0.0948. The number of aromatic nitrogens is 2. The molecule has 0 aliphatic heterocycles. The van der Waals surface area contributed by atoms with Crippen molar-refractivity contribution in [1.29, 1.82) is 0 Å². The van der Waals surface area contributed by atoms with Gasteiger partial charge in [0, 0.05) is 23.5 Å². The molecule has 0 atom stereocenters. The third kappa shape index (κ3) is 3.94. The van der Waals surface area contributed by atoms with Gasteiger partial charge in [-0.3, -0.25) is 9.59 Å². The Bertz CT molecular complexity index is 981. The quantitative estimate of drug-likeness (QED) is 0.724. The zero-order valence-electron chi connectivity index (χ0n) is 14.5. The molecular formula is C20H20ClN3O2. The van der Waals surface area contributed by atoms with E-state index in [1.165, 1.54) is 4.68 Å².